The van der Waals surface area contributed by atoms with E-state index in [2.05, 4.69) is 31.0 Å². The van der Waals surface area contributed by atoms with E-state index >= 15 is 0 Å². The van der Waals surface area contributed by atoms with Gasteiger partial charge in [0.25, 0.3) is 0 Å². The lowest BCUT2D eigenvalue weighted by atomic mass is 9.46. The highest BCUT2D eigenvalue weighted by Gasteiger charge is 2.61. The number of amides is 2. The van der Waals surface area contributed by atoms with Gasteiger partial charge in [-0.05, 0) is 86.4 Å². The summed E-state index contributed by atoms with van der Waals surface area (Å²) in [4.78, 5) is 25.3. The summed E-state index contributed by atoms with van der Waals surface area (Å²) in [5, 5.41) is 3.06. The molecule has 8 atom stereocenters. The van der Waals surface area contributed by atoms with Crippen molar-refractivity contribution < 1.29 is 9.59 Å². The molecule has 3 saturated carbocycles. The van der Waals surface area contributed by atoms with E-state index in [9.17, 15) is 9.59 Å². The minimum atomic E-state index is 0.282. The Hall–Kier alpha value is -1.06. The average molecular weight is 361 g/mol. The number of likely N-dealkylation sites (tertiary alicyclic amines) is 1. The lowest BCUT2D eigenvalue weighted by molar-refractivity contribution is -0.158. The van der Waals surface area contributed by atoms with E-state index < -0.39 is 0 Å². The molecule has 4 aliphatic rings. The zero-order valence-electron chi connectivity index (χ0n) is 17.0. The van der Waals surface area contributed by atoms with Crippen molar-refractivity contribution in [2.75, 3.05) is 7.05 Å². The van der Waals surface area contributed by atoms with Crippen LogP contribution in [-0.4, -0.2) is 36.3 Å². The lowest BCUT2D eigenvalue weighted by Gasteiger charge is -2.62. The summed E-state index contributed by atoms with van der Waals surface area (Å²) in [7, 11) is 2.04. The highest BCUT2D eigenvalue weighted by atomic mass is 16.2. The van der Waals surface area contributed by atoms with Gasteiger partial charge < -0.3 is 10.2 Å². The predicted molar refractivity (Wildman–Crippen MR) is 102 cm³/mol. The van der Waals surface area contributed by atoms with Gasteiger partial charge in [0.1, 0.15) is 0 Å². The molecule has 1 saturated heterocycles. The third-order valence-electron chi connectivity index (χ3n) is 9.57. The highest BCUT2D eigenvalue weighted by Crippen LogP contribution is 2.66. The van der Waals surface area contributed by atoms with Crippen LogP contribution < -0.4 is 5.32 Å². The summed E-state index contributed by atoms with van der Waals surface area (Å²) >= 11 is 0. The predicted octanol–water partition coefficient (Wildman–Crippen LogP) is 3.60. The van der Waals surface area contributed by atoms with Crippen molar-refractivity contribution in [2.24, 2.45) is 34.5 Å². The first-order chi connectivity index (χ1) is 12.3. The summed E-state index contributed by atoms with van der Waals surface area (Å²) in [6.07, 6.45) is 10.3. The zero-order chi connectivity index (χ0) is 18.7. The van der Waals surface area contributed by atoms with Crippen LogP contribution >= 0.6 is 0 Å². The third kappa shape index (κ3) is 2.39. The molecule has 146 valence electrons. The Balaban J connectivity index is 1.59. The molecule has 2 amide bonds. The maximum atomic E-state index is 12.3. The summed E-state index contributed by atoms with van der Waals surface area (Å²) in [5.74, 6) is 3.33. The van der Waals surface area contributed by atoms with Gasteiger partial charge in [0.05, 0.1) is 0 Å². The van der Waals surface area contributed by atoms with Gasteiger partial charge in [-0.15, -0.1) is 0 Å². The molecule has 1 heterocycles. The van der Waals surface area contributed by atoms with Gasteiger partial charge in [0.15, 0.2) is 0 Å². The van der Waals surface area contributed by atoms with Crippen molar-refractivity contribution in [2.45, 2.75) is 84.2 Å². The van der Waals surface area contributed by atoms with Crippen molar-refractivity contribution in [3.8, 4) is 0 Å². The molecular weight excluding hydrogens is 324 g/mol. The Bertz CT molecular complexity index is 593. The molecule has 4 fully saturated rings. The molecule has 0 aromatic heterocycles. The molecule has 0 spiro atoms. The second-order valence-electron chi connectivity index (χ2n) is 10.3. The van der Waals surface area contributed by atoms with Crippen molar-refractivity contribution in [1.29, 1.82) is 0 Å². The molecule has 1 aliphatic heterocycles. The number of piperidine rings is 1. The van der Waals surface area contributed by atoms with Gasteiger partial charge in [-0.3, -0.25) is 9.59 Å². The van der Waals surface area contributed by atoms with Crippen LogP contribution in [0.2, 0.25) is 0 Å². The number of hydrogen-bond donors (Lipinski definition) is 1. The number of hydrogen-bond acceptors (Lipinski definition) is 2. The monoisotopic (exact) mass is 360 g/mol. The summed E-state index contributed by atoms with van der Waals surface area (Å²) < 4.78 is 0. The van der Waals surface area contributed by atoms with E-state index in [0.29, 0.717) is 28.7 Å². The Kier molecular flexibility index (Phi) is 4.39. The quantitative estimate of drug-likeness (QED) is 0.782. The van der Waals surface area contributed by atoms with E-state index in [1.807, 2.05) is 7.05 Å². The highest BCUT2D eigenvalue weighted by molar-refractivity contribution is 5.77. The van der Waals surface area contributed by atoms with Crippen LogP contribution in [0.5, 0.6) is 0 Å². The topological polar surface area (TPSA) is 49.4 Å². The molecule has 26 heavy (non-hydrogen) atoms. The Morgan fingerprint density at radius 1 is 1.08 bits per heavy atom. The fourth-order valence-corrected chi connectivity index (χ4v) is 8.24. The SMILES string of the molecule is CC(NC=O)C1CCC2C3CC[C@H]4N(C)C(=O)CCC4(C)C3CCC12C. The molecule has 7 unspecified atom stereocenters. The molecule has 0 aromatic carbocycles. The summed E-state index contributed by atoms with van der Waals surface area (Å²) in [6.45, 7) is 7.20. The molecule has 4 rings (SSSR count). The maximum Gasteiger partial charge on any atom is 0.222 e. The first-order valence-electron chi connectivity index (χ1n) is 10.8. The molecule has 4 nitrogen and oxygen atoms in total. The van der Waals surface area contributed by atoms with Crippen LogP contribution in [0.25, 0.3) is 0 Å². The van der Waals surface area contributed by atoms with Gasteiger partial charge in [-0.25, -0.2) is 0 Å². The van der Waals surface area contributed by atoms with Gasteiger partial charge in [-0.1, -0.05) is 13.8 Å². The van der Waals surface area contributed by atoms with Gasteiger partial charge in [0, 0.05) is 25.6 Å². The Morgan fingerprint density at radius 2 is 1.81 bits per heavy atom. The second-order valence-corrected chi connectivity index (χ2v) is 10.3. The normalized spacial score (nSPS) is 49.0. The third-order valence-corrected chi connectivity index (χ3v) is 9.57. The smallest absolute Gasteiger partial charge is 0.222 e. The van der Waals surface area contributed by atoms with Crippen molar-refractivity contribution in [3.63, 3.8) is 0 Å². The molecule has 3 aliphatic carbocycles. The number of carbonyl (C=O) groups is 2. The van der Waals surface area contributed by atoms with Gasteiger partial charge >= 0.3 is 0 Å². The average Bonchev–Trinajstić information content (AvgIpc) is 2.96. The molecule has 0 aromatic rings. The fraction of sp³-hybridized carbons (Fsp3) is 0.909. The number of nitrogens with zero attached hydrogens (tertiary/aromatic N) is 1. The summed E-state index contributed by atoms with van der Waals surface area (Å²) in [6, 6.07) is 0.728. The van der Waals surface area contributed by atoms with E-state index in [4.69, 9.17) is 0 Å². The second kappa shape index (κ2) is 6.24. The van der Waals surface area contributed by atoms with E-state index in [-0.39, 0.29) is 6.04 Å². The van der Waals surface area contributed by atoms with Crippen LogP contribution in [0.3, 0.4) is 0 Å². The maximum absolute atomic E-state index is 12.3. The van der Waals surface area contributed by atoms with Gasteiger partial charge in [0.2, 0.25) is 12.3 Å². The van der Waals surface area contributed by atoms with E-state index in [1.165, 1.54) is 38.5 Å². The van der Waals surface area contributed by atoms with E-state index in [0.717, 1.165) is 37.0 Å². The zero-order valence-corrected chi connectivity index (χ0v) is 17.0. The Labute approximate surface area is 158 Å². The molecule has 4 heteroatoms. The lowest BCUT2D eigenvalue weighted by Crippen LogP contribution is -2.61. The fourth-order valence-electron chi connectivity index (χ4n) is 8.24. The first kappa shape index (κ1) is 18.3. The van der Waals surface area contributed by atoms with Crippen molar-refractivity contribution >= 4 is 12.3 Å². The molecule has 0 bridgehead atoms. The first-order valence-corrected chi connectivity index (χ1v) is 10.8. The largest absolute Gasteiger partial charge is 0.356 e. The standard InChI is InChI=1S/C22H36N2O2/c1-14(23-13-25)16-6-7-17-15-5-8-19-22(3,12-10-20(26)24(19)4)18(15)9-11-21(16,17)2/h13-19H,5-12H2,1-4H3,(H,23,25)/t14?,15?,16?,17?,18?,19-,21?,22?/m1/s1. The minimum Gasteiger partial charge on any atom is -0.356 e. The number of fused-ring (bicyclic) bond motifs is 5. The van der Waals surface area contributed by atoms with Crippen molar-refractivity contribution in [3.05, 3.63) is 0 Å². The molecule has 1 N–H and O–H groups in total. The number of nitrogens with one attached hydrogen (secondary N) is 1. The van der Waals surface area contributed by atoms with Crippen LogP contribution in [0.4, 0.5) is 0 Å². The number of carbonyl (C=O) groups excluding carboxylic acids is 2. The van der Waals surface area contributed by atoms with Crippen molar-refractivity contribution in [1.82, 2.24) is 10.2 Å². The minimum absolute atomic E-state index is 0.282. The van der Waals surface area contributed by atoms with Crippen LogP contribution in [-0.2, 0) is 9.59 Å². The van der Waals surface area contributed by atoms with E-state index in [1.54, 1.807) is 0 Å². The summed E-state index contributed by atoms with van der Waals surface area (Å²) in [5.41, 5.74) is 0.674. The molecule has 0 radical (unpaired) electrons. The van der Waals surface area contributed by atoms with Crippen LogP contribution in [0.15, 0.2) is 0 Å². The number of rotatable bonds is 3. The van der Waals surface area contributed by atoms with Crippen LogP contribution in [0, 0.1) is 34.5 Å². The van der Waals surface area contributed by atoms with Gasteiger partial charge in [-0.2, -0.15) is 0 Å². The molecular formula is C22H36N2O2. The Morgan fingerprint density at radius 3 is 2.54 bits per heavy atom. The van der Waals surface area contributed by atoms with Crippen LogP contribution in [0.1, 0.15) is 72.1 Å².